The Morgan fingerprint density at radius 1 is 1.26 bits per heavy atom. The summed E-state index contributed by atoms with van der Waals surface area (Å²) in [6.07, 6.45) is -4.28. The topological polar surface area (TPSA) is 35.2 Å². The first-order chi connectivity index (χ1) is 8.19. The quantitative estimate of drug-likeness (QED) is 0.846. The van der Waals surface area contributed by atoms with Crippen LogP contribution in [0.25, 0.3) is 0 Å². The van der Waals surface area contributed by atoms with Crippen molar-refractivity contribution in [2.24, 2.45) is 11.7 Å². The minimum absolute atomic E-state index is 0. The fourth-order valence-electron chi connectivity index (χ4n) is 1.60. The highest BCUT2D eigenvalue weighted by Crippen LogP contribution is 2.28. The van der Waals surface area contributed by atoms with E-state index < -0.39 is 24.0 Å². The van der Waals surface area contributed by atoms with E-state index in [4.69, 9.17) is 5.73 Å². The Balaban J connectivity index is 0.00000324. The monoisotopic (exact) mass is 301 g/mol. The maximum atomic E-state index is 13.4. The van der Waals surface area contributed by atoms with Gasteiger partial charge in [-0.05, 0) is 30.0 Å². The van der Waals surface area contributed by atoms with Crippen LogP contribution in [0.15, 0.2) is 18.2 Å². The van der Waals surface area contributed by atoms with Crippen LogP contribution in [0.1, 0.15) is 31.9 Å². The first-order valence-electron chi connectivity index (χ1n) is 5.50. The molecule has 2 nitrogen and oxygen atoms in total. The molecular formula is C12H16ClF4NO. The smallest absolute Gasteiger partial charge is 0.403 e. The molecule has 0 radical (unpaired) electrons. The summed E-state index contributed by atoms with van der Waals surface area (Å²) >= 11 is 0. The highest BCUT2D eigenvalue weighted by atomic mass is 35.5. The molecule has 1 aromatic rings. The van der Waals surface area contributed by atoms with Crippen molar-refractivity contribution >= 4 is 12.4 Å². The van der Waals surface area contributed by atoms with E-state index in [2.05, 4.69) is 4.74 Å². The van der Waals surface area contributed by atoms with E-state index in [1.165, 1.54) is 6.07 Å². The zero-order valence-electron chi connectivity index (χ0n) is 10.5. The second-order valence-electron chi connectivity index (χ2n) is 4.47. The molecule has 0 aromatic heterocycles. The molecule has 0 bridgehead atoms. The lowest BCUT2D eigenvalue weighted by Crippen LogP contribution is -2.18. The summed E-state index contributed by atoms with van der Waals surface area (Å²) in [5.41, 5.74) is 6.27. The lowest BCUT2D eigenvalue weighted by molar-refractivity contribution is -0.275. The van der Waals surface area contributed by atoms with Gasteiger partial charge in [-0.3, -0.25) is 0 Å². The second kappa shape index (κ2) is 6.96. The highest BCUT2D eigenvalue weighted by Gasteiger charge is 2.32. The lowest BCUT2D eigenvalue weighted by Gasteiger charge is -2.16. The van der Waals surface area contributed by atoms with Gasteiger partial charge in [-0.2, -0.15) is 0 Å². The number of rotatable bonds is 4. The Morgan fingerprint density at radius 3 is 2.26 bits per heavy atom. The number of benzene rings is 1. The molecule has 0 heterocycles. The molecule has 19 heavy (non-hydrogen) atoms. The molecule has 1 rings (SSSR count). The summed E-state index contributed by atoms with van der Waals surface area (Å²) in [4.78, 5) is 0. The zero-order valence-corrected chi connectivity index (χ0v) is 11.3. The molecule has 0 saturated heterocycles. The van der Waals surface area contributed by atoms with Crippen molar-refractivity contribution in [2.75, 3.05) is 0 Å². The van der Waals surface area contributed by atoms with Gasteiger partial charge in [0.2, 0.25) is 0 Å². The Hall–Kier alpha value is -1.01. The van der Waals surface area contributed by atoms with Gasteiger partial charge in [0, 0.05) is 6.04 Å². The van der Waals surface area contributed by atoms with Crippen molar-refractivity contribution in [3.05, 3.63) is 29.6 Å². The first-order valence-corrected chi connectivity index (χ1v) is 5.50. The van der Waals surface area contributed by atoms with Gasteiger partial charge < -0.3 is 10.5 Å². The Labute approximate surface area is 115 Å². The van der Waals surface area contributed by atoms with Crippen LogP contribution >= 0.6 is 12.4 Å². The summed E-state index contributed by atoms with van der Waals surface area (Å²) < 4.78 is 52.7. The fraction of sp³-hybridized carbons (Fsp3) is 0.500. The van der Waals surface area contributed by atoms with Gasteiger partial charge in [-0.25, -0.2) is 4.39 Å². The van der Waals surface area contributed by atoms with E-state index >= 15 is 0 Å². The molecule has 0 saturated carbocycles. The number of nitrogens with two attached hydrogens (primary N) is 1. The predicted molar refractivity (Wildman–Crippen MR) is 66.7 cm³/mol. The summed E-state index contributed by atoms with van der Waals surface area (Å²) in [6.45, 7) is 3.91. The molecule has 0 aliphatic heterocycles. The van der Waals surface area contributed by atoms with Crippen LogP contribution in [-0.2, 0) is 0 Å². The third-order valence-corrected chi connectivity index (χ3v) is 2.34. The average Bonchev–Trinajstić information content (AvgIpc) is 2.18. The van der Waals surface area contributed by atoms with Crippen molar-refractivity contribution in [1.29, 1.82) is 0 Å². The second-order valence-corrected chi connectivity index (χ2v) is 4.47. The zero-order chi connectivity index (χ0) is 13.9. The van der Waals surface area contributed by atoms with E-state index in [1.54, 1.807) is 0 Å². The van der Waals surface area contributed by atoms with Crippen LogP contribution in [0, 0.1) is 11.7 Å². The van der Waals surface area contributed by atoms with Gasteiger partial charge in [-0.15, -0.1) is 25.6 Å². The minimum Gasteiger partial charge on any atom is -0.403 e. The number of hydrogen-bond donors (Lipinski definition) is 1. The SMILES string of the molecule is CC(C)C[C@H](N)c1ccc(OC(F)(F)F)c(F)c1.Cl. The van der Waals surface area contributed by atoms with Crippen molar-refractivity contribution < 1.29 is 22.3 Å². The minimum atomic E-state index is -4.90. The third kappa shape index (κ3) is 6.11. The van der Waals surface area contributed by atoms with Crippen LogP contribution in [0.2, 0.25) is 0 Å². The van der Waals surface area contributed by atoms with Crippen molar-refractivity contribution in [2.45, 2.75) is 32.7 Å². The van der Waals surface area contributed by atoms with Gasteiger partial charge in [-0.1, -0.05) is 19.9 Å². The fourth-order valence-corrected chi connectivity index (χ4v) is 1.60. The molecular weight excluding hydrogens is 286 g/mol. The third-order valence-electron chi connectivity index (χ3n) is 2.34. The van der Waals surface area contributed by atoms with Crippen LogP contribution in [0.3, 0.4) is 0 Å². The van der Waals surface area contributed by atoms with Crippen molar-refractivity contribution in [1.82, 2.24) is 0 Å². The normalized spacial score (nSPS) is 13.1. The maximum Gasteiger partial charge on any atom is 0.573 e. The highest BCUT2D eigenvalue weighted by molar-refractivity contribution is 5.85. The molecule has 1 atom stereocenters. The van der Waals surface area contributed by atoms with Gasteiger partial charge in [0.15, 0.2) is 11.6 Å². The maximum absolute atomic E-state index is 13.4. The molecule has 0 spiro atoms. The molecule has 7 heteroatoms. The Bertz CT molecular complexity index is 409. The Morgan fingerprint density at radius 2 is 1.84 bits per heavy atom. The largest absolute Gasteiger partial charge is 0.573 e. The molecule has 110 valence electrons. The summed E-state index contributed by atoms with van der Waals surface area (Å²) in [7, 11) is 0. The number of halogens is 5. The van der Waals surface area contributed by atoms with E-state index in [9.17, 15) is 17.6 Å². The van der Waals surface area contributed by atoms with E-state index in [1.807, 2.05) is 13.8 Å². The summed E-state index contributed by atoms with van der Waals surface area (Å²) in [5.74, 6) is -1.60. The van der Waals surface area contributed by atoms with Crippen molar-refractivity contribution in [3.63, 3.8) is 0 Å². The number of alkyl halides is 3. The summed E-state index contributed by atoms with van der Waals surface area (Å²) in [6, 6.07) is 2.86. The van der Waals surface area contributed by atoms with Gasteiger partial charge in [0.1, 0.15) is 0 Å². The first kappa shape index (κ1) is 18.0. The van der Waals surface area contributed by atoms with Gasteiger partial charge in [0.25, 0.3) is 0 Å². The van der Waals surface area contributed by atoms with Crippen LogP contribution < -0.4 is 10.5 Å². The Kier molecular flexibility index (Phi) is 6.59. The van der Waals surface area contributed by atoms with Crippen LogP contribution in [0.5, 0.6) is 5.75 Å². The molecule has 1 aromatic carbocycles. The molecule has 0 aliphatic carbocycles. The van der Waals surface area contributed by atoms with Gasteiger partial charge in [0.05, 0.1) is 0 Å². The predicted octanol–water partition coefficient (Wildman–Crippen LogP) is 4.19. The average molecular weight is 302 g/mol. The molecule has 0 amide bonds. The lowest BCUT2D eigenvalue weighted by atomic mass is 9.98. The molecule has 0 unspecified atom stereocenters. The standard InChI is InChI=1S/C12H15F4NO.ClH/c1-7(2)5-10(17)8-3-4-11(9(13)6-8)18-12(14,15)16;/h3-4,6-7,10H,5,17H2,1-2H3;1H/t10-;/m0./s1. The van der Waals surface area contributed by atoms with Crippen LogP contribution in [-0.4, -0.2) is 6.36 Å². The van der Waals surface area contributed by atoms with E-state index in [0.29, 0.717) is 17.9 Å². The summed E-state index contributed by atoms with van der Waals surface area (Å²) in [5, 5.41) is 0. The molecule has 2 N–H and O–H groups in total. The van der Waals surface area contributed by atoms with Crippen molar-refractivity contribution in [3.8, 4) is 5.75 Å². The number of ether oxygens (including phenoxy) is 1. The molecule has 0 fully saturated rings. The van der Waals surface area contributed by atoms with E-state index in [0.717, 1.165) is 12.1 Å². The number of hydrogen-bond acceptors (Lipinski definition) is 2. The molecule has 0 aliphatic rings. The van der Waals surface area contributed by atoms with Crippen LogP contribution in [0.4, 0.5) is 17.6 Å². The van der Waals surface area contributed by atoms with E-state index in [-0.39, 0.29) is 12.4 Å². The van der Waals surface area contributed by atoms with Gasteiger partial charge >= 0.3 is 6.36 Å².